The fraction of sp³-hybridized carbons (Fsp3) is 0.0119. The van der Waals surface area contributed by atoms with E-state index in [2.05, 4.69) is 262 Å². The summed E-state index contributed by atoms with van der Waals surface area (Å²) < 4.78 is 12.1. The van der Waals surface area contributed by atoms with Gasteiger partial charge < -0.3 is 14.5 Å². The van der Waals surface area contributed by atoms with E-state index < -0.39 is 0 Å². The van der Waals surface area contributed by atoms with E-state index in [-0.39, 0.29) is 84.3 Å². The molecular formula is C84H60N6OPt4S2-2. The largest absolute Gasteiger partial charge is 2.00 e. The number of rotatable bonds is 12. The number of nitrogens with zero attached hydrogens (tertiary/aromatic N) is 6. The van der Waals surface area contributed by atoms with Crippen LogP contribution in [0.4, 0.5) is 11.4 Å². The number of aryl methyl sites for hydroxylation is 1. The van der Waals surface area contributed by atoms with Gasteiger partial charge in [0, 0.05) is 77.1 Å². The summed E-state index contributed by atoms with van der Waals surface area (Å²) in [4.78, 5) is 11.1. The predicted molar refractivity (Wildman–Crippen MR) is 386 cm³/mol. The second kappa shape index (κ2) is 36.7. The third-order valence-corrected chi connectivity index (χ3v) is 17.1. The Balaban J connectivity index is 0.000000150. The monoisotopic (exact) mass is 2010 g/mol. The number of thioether (sulfide) groups is 1. The topological polar surface area (TPSA) is 59.3 Å². The Morgan fingerprint density at radius 1 is 0.381 bits per heavy atom. The van der Waals surface area contributed by atoms with E-state index in [1.807, 2.05) is 138 Å². The summed E-state index contributed by atoms with van der Waals surface area (Å²) in [5, 5.41) is 4.51. The van der Waals surface area contributed by atoms with Crippen LogP contribution in [-0.4, -0.2) is 19.1 Å². The van der Waals surface area contributed by atoms with Gasteiger partial charge in [0.05, 0.1) is 5.82 Å². The Labute approximate surface area is 634 Å². The molecule has 0 unspecified atom stereocenters. The van der Waals surface area contributed by atoms with E-state index in [4.69, 9.17) is 4.74 Å². The Morgan fingerprint density at radius 2 is 0.773 bits per heavy atom. The van der Waals surface area contributed by atoms with Crippen molar-refractivity contribution in [2.45, 2.75) is 0 Å². The molecule has 0 saturated carbocycles. The van der Waals surface area contributed by atoms with Gasteiger partial charge in [-0.2, -0.15) is 66.5 Å². The van der Waals surface area contributed by atoms with Crippen LogP contribution in [0.2, 0.25) is 0 Å². The van der Waals surface area contributed by atoms with Crippen molar-refractivity contribution in [2.75, 3.05) is 9.80 Å². The van der Waals surface area contributed by atoms with E-state index in [1.54, 1.807) is 18.5 Å². The zero-order valence-electron chi connectivity index (χ0n) is 52.1. The predicted octanol–water partition coefficient (Wildman–Crippen LogP) is 21.5. The third kappa shape index (κ3) is 19.2. The first-order valence-corrected chi connectivity index (χ1v) is 32.1. The summed E-state index contributed by atoms with van der Waals surface area (Å²) in [5.41, 5.74) is 19.3. The molecular weight excluding hydrogens is 1950 g/mol. The van der Waals surface area contributed by atoms with Crippen LogP contribution in [0.25, 0.3) is 99.6 Å². The standard InChI is InChI=1S/C21H16N3.C21H15NO.C21H15NS.C21H14NS.4Pt/c1-24-21(22-20(23-24)18-10-6-3-7-11-18)19-14-12-17(13-15-19)16-8-4-2-5-9-16;2*1-3-7-17(8-4-1)18-11-13-19(14-12-18)21-15-22(16-23-21)20-9-5-2-6-10-20;1-3-7-16(8-4-1)17-11-13-19(14-12-17)21-15-20(22-23-21)18-9-5-2-6-10-18;;;;/h2-10,12-15H,1H3;2*1-9,11-16H;1-9,11-15H;;;;/q-1;2*-2;-1;;;2*+2. The molecule has 0 aliphatic carbocycles. The van der Waals surface area contributed by atoms with Crippen molar-refractivity contribution in [1.29, 1.82) is 0 Å². The molecule has 0 amide bonds. The molecule has 14 aromatic rings. The fourth-order valence-corrected chi connectivity index (χ4v) is 12.0. The van der Waals surface area contributed by atoms with Gasteiger partial charge in [0.15, 0.2) is 0 Å². The van der Waals surface area contributed by atoms with Crippen LogP contribution in [0.5, 0.6) is 0 Å². The Bertz CT molecular complexity index is 4550. The van der Waals surface area contributed by atoms with Crippen molar-refractivity contribution in [3.63, 3.8) is 0 Å². The summed E-state index contributed by atoms with van der Waals surface area (Å²) >= 11 is 3.27. The molecule has 486 valence electrons. The molecule has 0 fully saturated rings. The van der Waals surface area contributed by atoms with Gasteiger partial charge in [0.2, 0.25) is 0 Å². The van der Waals surface area contributed by atoms with E-state index in [9.17, 15) is 0 Å². The molecule has 7 nitrogen and oxygen atoms in total. The third-order valence-electron chi connectivity index (χ3n) is 15.3. The van der Waals surface area contributed by atoms with E-state index >= 15 is 0 Å². The van der Waals surface area contributed by atoms with Gasteiger partial charge in [-0.1, -0.05) is 231 Å². The minimum Gasteiger partial charge on any atom is -0.640 e. The molecule has 0 bridgehead atoms. The molecule has 13 heteroatoms. The second-order valence-corrected chi connectivity index (χ2v) is 23.2. The van der Waals surface area contributed by atoms with Crippen LogP contribution in [0.1, 0.15) is 11.1 Å². The SMILES string of the molecule is Cn1nc(-c2[c-]cccc2)nc1-c1ccc(-c2ccccc2)cc1.[Pt+2].[Pt+2].[Pt].[Pt].[c-]1ccccc1-c1cc(-c2ccc(-c3ccccc3)cc2)sn1.[c-]1ccccc1N1C=C(c2ccc(-c3ccccc3)cc2)O[CH-]1.[c-]1ccccc1N1C=C(c2ccc(-c3ccccc3)cc2)S[CH-]1. The van der Waals surface area contributed by atoms with Gasteiger partial charge in [0.1, 0.15) is 11.6 Å². The average Bonchev–Trinajstić information content (AvgIpc) is 1.75. The van der Waals surface area contributed by atoms with Gasteiger partial charge in [-0.3, -0.25) is 21.4 Å². The summed E-state index contributed by atoms with van der Waals surface area (Å²) in [6.45, 7) is 1.70. The quantitative estimate of drug-likeness (QED) is 0.113. The summed E-state index contributed by atoms with van der Waals surface area (Å²) in [6.07, 6.45) is 4.14. The van der Waals surface area contributed by atoms with Crippen molar-refractivity contribution >= 4 is 45.3 Å². The van der Waals surface area contributed by atoms with Crippen molar-refractivity contribution in [3.8, 4) is 89.0 Å². The number of hydrogen-bond donors (Lipinski definition) is 0. The van der Waals surface area contributed by atoms with E-state index in [0.717, 1.165) is 50.9 Å². The maximum absolute atomic E-state index is 5.69. The van der Waals surface area contributed by atoms with Crippen LogP contribution < -0.4 is 9.80 Å². The van der Waals surface area contributed by atoms with Gasteiger partial charge in [-0.05, 0) is 78.3 Å². The van der Waals surface area contributed by atoms with E-state index in [1.165, 1.54) is 76.9 Å². The maximum atomic E-state index is 5.69. The number of para-hydroxylation sites is 2. The van der Waals surface area contributed by atoms with Crippen molar-refractivity contribution in [1.82, 2.24) is 19.1 Å². The molecule has 2 aliphatic rings. The van der Waals surface area contributed by atoms with E-state index in [0.29, 0.717) is 5.82 Å². The summed E-state index contributed by atoms with van der Waals surface area (Å²) in [5.74, 6) is 4.50. The first-order chi connectivity index (χ1) is 46.0. The Hall–Kier alpha value is -8.61. The van der Waals surface area contributed by atoms with Gasteiger partial charge in [-0.15, -0.1) is 83.2 Å². The van der Waals surface area contributed by atoms with Gasteiger partial charge in [-0.25, -0.2) is 9.47 Å². The molecule has 0 radical (unpaired) electrons. The zero-order chi connectivity index (χ0) is 62.8. The molecule has 4 heterocycles. The Kier molecular flexibility index (Phi) is 27.5. The van der Waals surface area contributed by atoms with Crippen LogP contribution >= 0.6 is 23.3 Å². The molecule has 12 aromatic carbocycles. The summed E-state index contributed by atoms with van der Waals surface area (Å²) in [7, 11) is 1.92. The maximum Gasteiger partial charge on any atom is 2.00 e. The smallest absolute Gasteiger partial charge is 0.640 e. The number of benzene rings is 12. The molecule has 0 saturated heterocycles. The molecule has 2 aromatic heterocycles. The van der Waals surface area contributed by atoms with Crippen LogP contribution in [0, 0.1) is 36.9 Å². The molecule has 16 rings (SSSR count). The average molecular weight is 2010 g/mol. The zero-order valence-corrected chi connectivity index (χ0v) is 62.8. The molecule has 0 spiro atoms. The minimum atomic E-state index is 0. The van der Waals surface area contributed by atoms with Gasteiger partial charge in [0.25, 0.3) is 0 Å². The Morgan fingerprint density at radius 3 is 1.23 bits per heavy atom. The molecule has 0 N–H and O–H groups in total. The normalized spacial score (nSPS) is 11.7. The molecule has 0 atom stereocenters. The first-order valence-electron chi connectivity index (χ1n) is 30.4. The second-order valence-electron chi connectivity index (χ2n) is 21.5. The number of aromatic nitrogens is 4. The summed E-state index contributed by atoms with van der Waals surface area (Å²) in [6, 6.07) is 122. The van der Waals surface area contributed by atoms with Crippen molar-refractivity contribution in [2.24, 2.45) is 7.05 Å². The van der Waals surface area contributed by atoms with Crippen molar-refractivity contribution < 1.29 is 89.0 Å². The molecule has 2 aliphatic heterocycles. The number of hydrogen-bond acceptors (Lipinski definition) is 8. The van der Waals surface area contributed by atoms with Crippen LogP contribution in [0.3, 0.4) is 0 Å². The van der Waals surface area contributed by atoms with Crippen LogP contribution in [-0.2, 0) is 96.0 Å². The molecule has 97 heavy (non-hydrogen) atoms. The van der Waals surface area contributed by atoms with Crippen molar-refractivity contribution in [3.05, 3.63) is 382 Å². The number of ether oxygens (including phenoxy) is 1. The first kappa shape index (κ1) is 72.7. The van der Waals surface area contributed by atoms with Gasteiger partial charge >= 0.3 is 42.1 Å². The minimum absolute atomic E-state index is 0. The fourth-order valence-electron chi connectivity index (χ4n) is 10.4. The number of anilines is 2. The van der Waals surface area contributed by atoms with Crippen LogP contribution in [0.15, 0.2) is 334 Å².